The van der Waals surface area contributed by atoms with Crippen LogP contribution in [0, 0.1) is 0 Å². The number of aryl methyl sites for hydroxylation is 1. The zero-order valence-corrected chi connectivity index (χ0v) is 54.9. The van der Waals surface area contributed by atoms with Gasteiger partial charge in [0, 0.05) is 64.4 Å². The number of hydrogen-bond donors (Lipinski definition) is 0. The minimum atomic E-state index is -5.89. The van der Waals surface area contributed by atoms with E-state index in [4.69, 9.17) is 102 Å². The number of benzene rings is 1. The van der Waals surface area contributed by atoms with Crippen molar-refractivity contribution in [2.24, 2.45) is 0 Å². The molecule has 0 amide bonds. The van der Waals surface area contributed by atoms with Crippen molar-refractivity contribution >= 4 is 85.0 Å². The monoisotopic (exact) mass is 1380 g/mol. The molecule has 1 aromatic rings. The summed E-state index contributed by atoms with van der Waals surface area (Å²) in [7, 11) is -23.3. The quantitative estimate of drug-likeness (QED) is 0.0195. The highest BCUT2D eigenvalue weighted by molar-refractivity contribution is 7.49. The van der Waals surface area contributed by atoms with E-state index < -0.39 is 189 Å². The highest BCUT2D eigenvalue weighted by Crippen LogP contribution is 2.62. The van der Waals surface area contributed by atoms with E-state index in [0.717, 1.165) is 5.56 Å². The van der Waals surface area contributed by atoms with E-state index >= 15 is 18.3 Å². The van der Waals surface area contributed by atoms with Gasteiger partial charge in [-0.05, 0) is 24.8 Å². The van der Waals surface area contributed by atoms with Crippen LogP contribution in [-0.4, -0.2) is 151 Å². The average Bonchev–Trinajstić information content (AvgIpc) is 0.796. The van der Waals surface area contributed by atoms with Crippen molar-refractivity contribution in [2.75, 3.05) is 61.0 Å². The molecule has 0 N–H and O–H groups in total. The smallest absolute Gasteiger partial charge is 0.457 e. The summed E-state index contributed by atoms with van der Waals surface area (Å²) in [6.45, 7) is 1.17. The molecule has 0 bridgehead atoms. The number of phosphoric ester groups is 4. The van der Waals surface area contributed by atoms with Crippen LogP contribution in [0.4, 0.5) is 0 Å². The molecule has 514 valence electrons. The first-order chi connectivity index (χ1) is 42.8. The SMILES string of the molecule is CCCC(=O)O[C@@H]1[C@H](OCCCc2ccccc2)[C@@H](OP(=O)(OCOC(=O)CC)OCOC(=O)CC)[C@H](OP(=O)(OCOC(=O)CC)OCOC(=O)CC)[C@@H](OP(=O)(OCOC(=O)CC)OCOC(=O)CC)[C@@H]1OP(=O)(OCOC(=O)CC)OCOC(=O)CC. The highest BCUT2D eigenvalue weighted by atomic mass is 31.2. The Morgan fingerprint density at radius 3 is 0.822 bits per heavy atom. The van der Waals surface area contributed by atoms with Crippen LogP contribution in [0.15, 0.2) is 30.3 Å². The number of phosphoric acid groups is 4. The molecule has 0 spiro atoms. The molecule has 1 aromatic carbocycles. The minimum Gasteiger partial charge on any atom is -0.457 e. The molecule has 39 heteroatoms. The van der Waals surface area contributed by atoms with E-state index in [1.165, 1.54) is 62.3 Å². The van der Waals surface area contributed by atoms with Crippen molar-refractivity contribution in [3.05, 3.63) is 35.9 Å². The summed E-state index contributed by atoms with van der Waals surface area (Å²) in [5.41, 5.74) is 0.726. The number of ether oxygens (including phenoxy) is 10. The maximum atomic E-state index is 15.5. The molecule has 0 radical (unpaired) electrons. The van der Waals surface area contributed by atoms with Gasteiger partial charge in [0.2, 0.25) is 54.3 Å². The van der Waals surface area contributed by atoms with E-state index in [9.17, 15) is 43.2 Å². The Labute approximate surface area is 519 Å². The Hall–Kier alpha value is -5.15. The van der Waals surface area contributed by atoms with Crippen LogP contribution in [0.2, 0.25) is 0 Å². The predicted molar refractivity (Wildman–Crippen MR) is 298 cm³/mol. The third kappa shape index (κ3) is 31.4. The lowest BCUT2D eigenvalue weighted by Gasteiger charge is -2.49. The molecule has 0 heterocycles. The molecule has 1 saturated carbocycles. The van der Waals surface area contributed by atoms with Crippen molar-refractivity contribution < 1.29 is 163 Å². The molecule has 35 nitrogen and oxygen atoms in total. The summed E-state index contributed by atoms with van der Waals surface area (Å²) in [5.74, 6) is -9.08. The van der Waals surface area contributed by atoms with Crippen LogP contribution >= 0.6 is 31.3 Å². The number of hydrogen-bond acceptors (Lipinski definition) is 35. The number of carbonyl (C=O) groups excluding carboxylic acids is 9. The Balaban J connectivity index is 3.53. The second-order valence-electron chi connectivity index (χ2n) is 17.6. The Morgan fingerprint density at radius 2 is 0.578 bits per heavy atom. The van der Waals surface area contributed by atoms with Gasteiger partial charge in [-0.1, -0.05) is 92.6 Å². The molecule has 1 aliphatic carbocycles. The van der Waals surface area contributed by atoms with Crippen molar-refractivity contribution in [1.82, 2.24) is 0 Å². The summed E-state index contributed by atoms with van der Waals surface area (Å²) in [6, 6.07) is 8.67. The van der Waals surface area contributed by atoms with E-state index in [1.54, 1.807) is 30.3 Å². The number of esters is 9. The predicted octanol–water partition coefficient (Wildman–Crippen LogP) is 8.12. The number of carbonyl (C=O) groups is 9. The van der Waals surface area contributed by atoms with E-state index in [-0.39, 0.29) is 70.6 Å². The fourth-order valence-electron chi connectivity index (χ4n) is 6.54. The molecule has 90 heavy (non-hydrogen) atoms. The zero-order valence-electron chi connectivity index (χ0n) is 51.3. The highest BCUT2D eigenvalue weighted by Gasteiger charge is 2.63. The molecule has 2 rings (SSSR count). The summed E-state index contributed by atoms with van der Waals surface area (Å²) in [4.78, 5) is 114. The van der Waals surface area contributed by atoms with Crippen LogP contribution in [-0.2, 0) is 169 Å². The van der Waals surface area contributed by atoms with Gasteiger partial charge in [0.05, 0.1) is 0 Å². The molecule has 0 aromatic heterocycles. The lowest BCUT2D eigenvalue weighted by Crippen LogP contribution is -2.67. The topological polar surface area (TPSA) is 425 Å². The Morgan fingerprint density at radius 1 is 0.333 bits per heavy atom. The third-order valence-electron chi connectivity index (χ3n) is 11.2. The Kier molecular flexibility index (Phi) is 39.2. The van der Waals surface area contributed by atoms with Gasteiger partial charge in [-0.2, -0.15) is 0 Å². The normalized spacial score (nSPS) is 17.7. The van der Waals surface area contributed by atoms with Crippen LogP contribution in [0.5, 0.6) is 0 Å². The summed E-state index contributed by atoms with van der Waals surface area (Å²) >= 11 is 0. The largest absolute Gasteiger partial charge is 0.481 e. The maximum Gasteiger partial charge on any atom is 0.481 e. The Bertz CT molecular complexity index is 2500. The summed E-state index contributed by atoms with van der Waals surface area (Å²) in [6.07, 6.45) is -18.8. The molecular weight excluding hydrogens is 1300 g/mol. The molecule has 0 unspecified atom stereocenters. The first-order valence-electron chi connectivity index (χ1n) is 28.2. The summed E-state index contributed by atoms with van der Waals surface area (Å²) < 4.78 is 182. The number of rotatable bonds is 48. The van der Waals surface area contributed by atoms with Crippen molar-refractivity contribution in [1.29, 1.82) is 0 Å². The van der Waals surface area contributed by atoms with Crippen LogP contribution in [0.25, 0.3) is 0 Å². The van der Waals surface area contributed by atoms with Gasteiger partial charge in [-0.3, -0.25) is 61.2 Å². The fourth-order valence-corrected chi connectivity index (χ4v) is 10.9. The summed E-state index contributed by atoms with van der Waals surface area (Å²) in [5, 5.41) is 0. The lowest BCUT2D eigenvalue weighted by molar-refractivity contribution is -0.239. The molecule has 0 saturated heterocycles. The molecule has 1 fully saturated rings. The van der Waals surface area contributed by atoms with Gasteiger partial charge < -0.3 is 47.4 Å². The van der Waals surface area contributed by atoms with Crippen LogP contribution in [0.3, 0.4) is 0 Å². The van der Waals surface area contributed by atoms with Gasteiger partial charge in [-0.15, -0.1) is 0 Å². The van der Waals surface area contributed by atoms with Gasteiger partial charge >= 0.3 is 85.0 Å². The average molecular weight is 1380 g/mol. The maximum absolute atomic E-state index is 15.5. The first-order valence-corrected chi connectivity index (χ1v) is 34.1. The second kappa shape index (κ2) is 43.6. The molecule has 0 aliphatic heterocycles. The van der Waals surface area contributed by atoms with Gasteiger partial charge in [0.15, 0.2) is 6.10 Å². The second-order valence-corrected chi connectivity index (χ2v) is 24.1. The minimum absolute atomic E-state index is 0.000885. The van der Waals surface area contributed by atoms with Crippen LogP contribution in [0.1, 0.15) is 139 Å². The first kappa shape index (κ1) is 80.9. The van der Waals surface area contributed by atoms with Gasteiger partial charge in [0.25, 0.3) is 0 Å². The van der Waals surface area contributed by atoms with E-state index in [1.807, 2.05) is 0 Å². The zero-order chi connectivity index (χ0) is 67.2. The third-order valence-corrected chi connectivity index (χ3v) is 16.6. The van der Waals surface area contributed by atoms with Crippen molar-refractivity contribution in [3.8, 4) is 0 Å². The van der Waals surface area contributed by atoms with E-state index in [2.05, 4.69) is 0 Å². The van der Waals surface area contributed by atoms with E-state index in [0.29, 0.717) is 0 Å². The lowest BCUT2D eigenvalue weighted by atomic mass is 9.84. The van der Waals surface area contributed by atoms with Crippen molar-refractivity contribution in [3.63, 3.8) is 0 Å². The van der Waals surface area contributed by atoms with Gasteiger partial charge in [0.1, 0.15) is 30.5 Å². The molecule has 6 atom stereocenters. The fraction of sp³-hybridized carbons (Fsp3) is 0.706. The van der Waals surface area contributed by atoms with Crippen molar-refractivity contribution in [2.45, 2.75) is 176 Å². The standard InChI is InChI=1S/C51H80O35P4/c1-10-23-45(60)82-47-46(65-27-22-26-36-24-20-19-21-25-36)48(83-87(61,74-28-66-37(52)11-2)75-29-67-38(53)12-3)50(85-89(63,78-32-70-41(56)15-6)79-33-71-42(57)16-7)51(86-90(64,80-34-72-43(58)17-8)81-35-73-44(59)18-9)49(47)84-88(62,76-30-68-39(54)13-4)77-31-69-40(55)14-5/h19-21,24-25,46-51H,10-18,22-23,26-35H2,1-9H3/t46-,47+,48+,49+,50-,51-/m0/s1. The van der Waals surface area contributed by atoms with Crippen LogP contribution < -0.4 is 0 Å². The molecular formula is C51H80O35P4. The molecule has 1 aliphatic rings. The van der Waals surface area contributed by atoms with Gasteiger partial charge in [-0.25, -0.2) is 54.5 Å².